The van der Waals surface area contributed by atoms with Gasteiger partial charge in [0.15, 0.2) is 0 Å². The Kier molecular flexibility index (Phi) is 3.75. The van der Waals surface area contributed by atoms with Crippen LogP contribution in [0.5, 0.6) is 11.6 Å². The van der Waals surface area contributed by atoms with Crippen molar-refractivity contribution in [1.82, 2.24) is 10.3 Å². The zero-order valence-corrected chi connectivity index (χ0v) is 10.9. The number of benzene rings is 1. The Hall–Kier alpha value is -1.87. The Balaban J connectivity index is 1.84. The van der Waals surface area contributed by atoms with Crippen LogP contribution in [0.4, 0.5) is 0 Å². The van der Waals surface area contributed by atoms with E-state index in [0.29, 0.717) is 11.9 Å². The van der Waals surface area contributed by atoms with Gasteiger partial charge in [-0.05, 0) is 37.6 Å². The summed E-state index contributed by atoms with van der Waals surface area (Å²) in [6, 6.07) is 14.3. The molecule has 2 aromatic rings. The first-order valence-corrected chi connectivity index (χ1v) is 6.85. The Morgan fingerprint density at radius 2 is 1.95 bits per heavy atom. The van der Waals surface area contributed by atoms with Crippen LogP contribution in [0.3, 0.4) is 0 Å². The molecule has 1 fully saturated rings. The molecule has 3 heteroatoms. The van der Waals surface area contributed by atoms with Gasteiger partial charge < -0.3 is 10.1 Å². The molecule has 98 valence electrons. The van der Waals surface area contributed by atoms with E-state index in [1.165, 1.54) is 12.8 Å². The van der Waals surface area contributed by atoms with Gasteiger partial charge in [-0.3, -0.25) is 0 Å². The van der Waals surface area contributed by atoms with E-state index in [1.54, 1.807) is 6.20 Å². The van der Waals surface area contributed by atoms with E-state index in [2.05, 4.69) is 16.4 Å². The van der Waals surface area contributed by atoms with Gasteiger partial charge in [0, 0.05) is 17.8 Å². The lowest BCUT2D eigenvalue weighted by Gasteiger charge is -2.24. The van der Waals surface area contributed by atoms with Gasteiger partial charge >= 0.3 is 0 Å². The smallest absolute Gasteiger partial charge is 0.223 e. The molecule has 0 aliphatic carbocycles. The fourth-order valence-corrected chi connectivity index (χ4v) is 2.47. The second-order valence-electron chi connectivity index (χ2n) is 4.82. The molecule has 3 nitrogen and oxygen atoms in total. The van der Waals surface area contributed by atoms with Gasteiger partial charge in [-0.2, -0.15) is 0 Å². The van der Waals surface area contributed by atoms with E-state index in [9.17, 15) is 0 Å². The summed E-state index contributed by atoms with van der Waals surface area (Å²) in [5, 5.41) is 3.54. The van der Waals surface area contributed by atoms with Crippen molar-refractivity contribution in [2.45, 2.75) is 25.3 Å². The van der Waals surface area contributed by atoms with Gasteiger partial charge in [0.2, 0.25) is 5.88 Å². The van der Waals surface area contributed by atoms with E-state index in [0.717, 1.165) is 24.3 Å². The van der Waals surface area contributed by atoms with Gasteiger partial charge in [-0.15, -0.1) is 0 Å². The van der Waals surface area contributed by atoms with Crippen LogP contribution in [0.25, 0.3) is 0 Å². The second-order valence-corrected chi connectivity index (χ2v) is 4.82. The largest absolute Gasteiger partial charge is 0.439 e. The molecular weight excluding hydrogens is 236 g/mol. The summed E-state index contributed by atoms with van der Waals surface area (Å²) in [4.78, 5) is 4.39. The molecule has 1 aliphatic rings. The van der Waals surface area contributed by atoms with Crippen LogP contribution in [0.15, 0.2) is 48.7 Å². The summed E-state index contributed by atoms with van der Waals surface area (Å²) in [5.41, 5.74) is 1.16. The summed E-state index contributed by atoms with van der Waals surface area (Å²) < 4.78 is 5.91. The first-order valence-electron chi connectivity index (χ1n) is 6.85. The van der Waals surface area contributed by atoms with Crippen LogP contribution in [0.1, 0.15) is 30.9 Å². The van der Waals surface area contributed by atoms with E-state index in [1.807, 2.05) is 36.4 Å². The van der Waals surface area contributed by atoms with Crippen molar-refractivity contribution in [2.24, 2.45) is 0 Å². The lowest BCUT2D eigenvalue weighted by molar-refractivity contribution is 0.388. The molecule has 1 aromatic carbocycles. The average Bonchev–Trinajstić information content (AvgIpc) is 2.50. The number of para-hydroxylation sites is 1. The lowest BCUT2D eigenvalue weighted by atomic mass is 9.98. The molecule has 2 heterocycles. The standard InChI is InChI=1S/C16H18N2O/c1-2-7-13(8-3-1)19-16-14(9-6-12-18-16)15-10-4-5-11-17-15/h1-3,6-9,12,15,17H,4-5,10-11H2/t15-/m1/s1. The molecule has 1 aromatic heterocycles. The molecule has 0 spiro atoms. The Bertz CT molecular complexity index is 521. The predicted octanol–water partition coefficient (Wildman–Crippen LogP) is 3.69. The van der Waals surface area contributed by atoms with Gasteiger partial charge in [-0.1, -0.05) is 30.7 Å². The Morgan fingerprint density at radius 3 is 2.74 bits per heavy atom. The summed E-state index contributed by atoms with van der Waals surface area (Å²) in [6.45, 7) is 1.07. The number of nitrogens with one attached hydrogen (secondary N) is 1. The minimum atomic E-state index is 0.362. The van der Waals surface area contributed by atoms with Crippen molar-refractivity contribution in [3.8, 4) is 11.6 Å². The van der Waals surface area contributed by atoms with Crippen molar-refractivity contribution in [3.05, 3.63) is 54.2 Å². The van der Waals surface area contributed by atoms with Gasteiger partial charge in [0.05, 0.1) is 0 Å². The maximum Gasteiger partial charge on any atom is 0.223 e. The highest BCUT2D eigenvalue weighted by atomic mass is 16.5. The third-order valence-electron chi connectivity index (χ3n) is 3.44. The molecule has 19 heavy (non-hydrogen) atoms. The highest BCUT2D eigenvalue weighted by Gasteiger charge is 2.19. The van der Waals surface area contributed by atoms with E-state index < -0.39 is 0 Å². The zero-order chi connectivity index (χ0) is 12.9. The highest BCUT2D eigenvalue weighted by Crippen LogP contribution is 2.31. The summed E-state index contributed by atoms with van der Waals surface area (Å²) in [5.74, 6) is 1.55. The number of ether oxygens (including phenoxy) is 1. The van der Waals surface area contributed by atoms with Crippen LogP contribution in [0.2, 0.25) is 0 Å². The fourth-order valence-electron chi connectivity index (χ4n) is 2.47. The number of nitrogens with zero attached hydrogens (tertiary/aromatic N) is 1. The maximum absolute atomic E-state index is 5.91. The molecule has 1 atom stereocenters. The number of rotatable bonds is 3. The molecule has 0 amide bonds. The number of piperidine rings is 1. The van der Waals surface area contributed by atoms with Gasteiger partial charge in [0.1, 0.15) is 5.75 Å². The summed E-state index contributed by atoms with van der Waals surface area (Å²) >= 11 is 0. The third-order valence-corrected chi connectivity index (χ3v) is 3.44. The summed E-state index contributed by atoms with van der Waals surface area (Å²) in [7, 11) is 0. The first kappa shape index (κ1) is 12.2. The quantitative estimate of drug-likeness (QED) is 0.907. The average molecular weight is 254 g/mol. The van der Waals surface area contributed by atoms with Crippen molar-refractivity contribution >= 4 is 0 Å². The Labute approximate surface area is 113 Å². The molecule has 0 saturated carbocycles. The Morgan fingerprint density at radius 1 is 1.05 bits per heavy atom. The second kappa shape index (κ2) is 5.85. The minimum absolute atomic E-state index is 0.362. The van der Waals surface area contributed by atoms with Crippen LogP contribution in [-0.2, 0) is 0 Å². The van der Waals surface area contributed by atoms with Gasteiger partial charge in [0.25, 0.3) is 0 Å². The van der Waals surface area contributed by atoms with E-state index >= 15 is 0 Å². The normalized spacial score (nSPS) is 19.1. The molecule has 0 bridgehead atoms. The van der Waals surface area contributed by atoms with Crippen molar-refractivity contribution in [3.63, 3.8) is 0 Å². The van der Waals surface area contributed by atoms with Gasteiger partial charge in [-0.25, -0.2) is 4.98 Å². The zero-order valence-electron chi connectivity index (χ0n) is 10.9. The van der Waals surface area contributed by atoms with Crippen molar-refractivity contribution in [2.75, 3.05) is 6.54 Å². The number of hydrogen-bond donors (Lipinski definition) is 1. The minimum Gasteiger partial charge on any atom is -0.439 e. The molecule has 1 N–H and O–H groups in total. The molecule has 1 aliphatic heterocycles. The van der Waals surface area contributed by atoms with E-state index in [4.69, 9.17) is 4.74 Å². The van der Waals surface area contributed by atoms with Crippen LogP contribution >= 0.6 is 0 Å². The number of aromatic nitrogens is 1. The van der Waals surface area contributed by atoms with Crippen molar-refractivity contribution in [1.29, 1.82) is 0 Å². The maximum atomic E-state index is 5.91. The lowest BCUT2D eigenvalue weighted by Crippen LogP contribution is -2.27. The van der Waals surface area contributed by atoms with Crippen LogP contribution in [-0.4, -0.2) is 11.5 Å². The summed E-state index contributed by atoms with van der Waals surface area (Å²) in [6.07, 6.45) is 5.45. The van der Waals surface area contributed by atoms with Crippen molar-refractivity contribution < 1.29 is 4.74 Å². The number of hydrogen-bond acceptors (Lipinski definition) is 3. The molecule has 1 saturated heterocycles. The van der Waals surface area contributed by atoms with Crippen LogP contribution < -0.4 is 10.1 Å². The fraction of sp³-hybridized carbons (Fsp3) is 0.312. The first-order chi connectivity index (χ1) is 9.43. The predicted molar refractivity (Wildman–Crippen MR) is 75.3 cm³/mol. The molecular formula is C16H18N2O. The topological polar surface area (TPSA) is 34.1 Å². The molecule has 0 radical (unpaired) electrons. The van der Waals surface area contributed by atoms with E-state index in [-0.39, 0.29) is 0 Å². The third kappa shape index (κ3) is 2.93. The monoisotopic (exact) mass is 254 g/mol. The highest BCUT2D eigenvalue weighted by molar-refractivity contribution is 5.34. The number of pyridine rings is 1. The molecule has 0 unspecified atom stereocenters. The molecule has 3 rings (SSSR count). The SMILES string of the molecule is c1ccc(Oc2ncccc2[C@H]2CCCCN2)cc1. The van der Waals surface area contributed by atoms with Crippen LogP contribution in [0, 0.1) is 0 Å².